The van der Waals surface area contributed by atoms with Crippen LogP contribution < -0.4 is 9.92 Å². The minimum absolute atomic E-state index is 0.198. The fraction of sp³-hybridized carbons (Fsp3) is 0.292. The third-order valence-electron chi connectivity index (χ3n) is 5.06. The summed E-state index contributed by atoms with van der Waals surface area (Å²) in [7, 11) is 1.67. The Hall–Kier alpha value is -2.24. The molecule has 0 radical (unpaired) electrons. The van der Waals surface area contributed by atoms with E-state index in [1.54, 1.807) is 18.9 Å². The van der Waals surface area contributed by atoms with E-state index in [4.69, 9.17) is 9.47 Å². The summed E-state index contributed by atoms with van der Waals surface area (Å²) >= 11 is 1.75. The molecule has 3 aromatic rings. The van der Waals surface area contributed by atoms with Crippen LogP contribution >= 0.6 is 11.8 Å². The van der Waals surface area contributed by atoms with Crippen molar-refractivity contribution in [1.29, 1.82) is 0 Å². The van der Waals surface area contributed by atoms with Crippen LogP contribution in [0.2, 0.25) is 19.6 Å². The lowest BCUT2D eigenvalue weighted by atomic mass is 9.97. The average Bonchev–Trinajstić information content (AvgIpc) is 2.72. The molecule has 0 aromatic heterocycles. The predicted molar refractivity (Wildman–Crippen MR) is 125 cm³/mol. The molecule has 3 nitrogen and oxygen atoms in total. The van der Waals surface area contributed by atoms with Crippen molar-refractivity contribution in [2.24, 2.45) is 0 Å². The second-order valence-corrected chi connectivity index (χ2v) is 14.2. The molecule has 0 aliphatic heterocycles. The summed E-state index contributed by atoms with van der Waals surface area (Å²) in [5.74, 6) is 0.964. The van der Waals surface area contributed by atoms with E-state index in [1.165, 1.54) is 17.2 Å². The van der Waals surface area contributed by atoms with E-state index in [-0.39, 0.29) is 11.9 Å². The van der Waals surface area contributed by atoms with Gasteiger partial charge < -0.3 is 9.47 Å². The fourth-order valence-electron chi connectivity index (χ4n) is 3.41. The molecule has 152 valence electrons. The summed E-state index contributed by atoms with van der Waals surface area (Å²) in [4.78, 5) is 13.9. The first-order chi connectivity index (χ1) is 13.8. The average molecular weight is 425 g/mol. The number of ether oxygens (including phenoxy) is 2. The van der Waals surface area contributed by atoms with Gasteiger partial charge in [0.15, 0.2) is 0 Å². The Morgan fingerprint density at radius 1 is 0.966 bits per heavy atom. The van der Waals surface area contributed by atoms with Crippen LogP contribution in [0.3, 0.4) is 0 Å². The summed E-state index contributed by atoms with van der Waals surface area (Å²) in [6, 6.07) is 20.7. The molecule has 0 spiro atoms. The summed E-state index contributed by atoms with van der Waals surface area (Å²) < 4.78 is 10.4. The molecule has 0 heterocycles. The van der Waals surface area contributed by atoms with Gasteiger partial charge in [0, 0.05) is 10.6 Å². The van der Waals surface area contributed by atoms with Crippen molar-refractivity contribution >= 4 is 41.8 Å². The first-order valence-corrected chi connectivity index (χ1v) is 14.2. The van der Waals surface area contributed by atoms with Gasteiger partial charge in [0.25, 0.3) is 0 Å². The number of carbonyl (C=O) groups is 1. The number of hydrogen-bond acceptors (Lipinski definition) is 4. The maximum Gasteiger partial charge on any atom is 0.313 e. The minimum atomic E-state index is -1.46. The van der Waals surface area contributed by atoms with Gasteiger partial charge in [-0.25, -0.2) is 0 Å². The van der Waals surface area contributed by atoms with Crippen molar-refractivity contribution in [1.82, 2.24) is 0 Å². The van der Waals surface area contributed by atoms with E-state index in [1.807, 2.05) is 30.3 Å². The highest BCUT2D eigenvalue weighted by Crippen LogP contribution is 2.30. The Balaban J connectivity index is 1.90. The third-order valence-corrected chi connectivity index (χ3v) is 8.46. The molecule has 3 rings (SSSR count). The number of rotatable bonds is 7. The zero-order valence-electron chi connectivity index (χ0n) is 17.7. The van der Waals surface area contributed by atoms with Crippen LogP contribution in [0.15, 0.2) is 65.6 Å². The highest BCUT2D eigenvalue weighted by molar-refractivity contribution is 7.99. The number of esters is 1. The summed E-state index contributed by atoms with van der Waals surface area (Å²) in [5, 5.41) is 3.61. The maximum absolute atomic E-state index is 12.6. The molecule has 0 unspecified atom stereocenters. The van der Waals surface area contributed by atoms with E-state index in [0.717, 1.165) is 22.1 Å². The summed E-state index contributed by atoms with van der Waals surface area (Å²) in [6.45, 7) is 7.05. The highest BCUT2D eigenvalue weighted by atomic mass is 32.2. The van der Waals surface area contributed by atoms with Gasteiger partial charge in [-0.05, 0) is 39.7 Å². The molecule has 0 saturated carbocycles. The van der Waals surface area contributed by atoms with E-state index in [2.05, 4.69) is 50.0 Å². The van der Waals surface area contributed by atoms with Crippen molar-refractivity contribution in [3.63, 3.8) is 0 Å². The molecule has 0 bridgehead atoms. The lowest BCUT2D eigenvalue weighted by Gasteiger charge is -2.22. The second-order valence-electron chi connectivity index (χ2n) is 8.11. The topological polar surface area (TPSA) is 35.5 Å². The molecule has 0 amide bonds. The van der Waals surface area contributed by atoms with Crippen LogP contribution in [0.25, 0.3) is 10.8 Å². The van der Waals surface area contributed by atoms with Crippen molar-refractivity contribution in [3.8, 4) is 5.75 Å². The summed E-state index contributed by atoms with van der Waals surface area (Å²) in [6.07, 6.45) is 0. The first kappa shape index (κ1) is 21.5. The normalized spacial score (nSPS) is 12.6. The van der Waals surface area contributed by atoms with Crippen LogP contribution in [0.4, 0.5) is 0 Å². The van der Waals surface area contributed by atoms with Crippen molar-refractivity contribution in [2.75, 3.05) is 20.0 Å². The predicted octanol–water partition coefficient (Wildman–Crippen LogP) is 5.44. The van der Waals surface area contributed by atoms with Gasteiger partial charge in [-0.1, -0.05) is 62.1 Å². The molecule has 29 heavy (non-hydrogen) atoms. The van der Waals surface area contributed by atoms with E-state index < -0.39 is 8.07 Å². The Kier molecular flexibility index (Phi) is 6.70. The van der Waals surface area contributed by atoms with Gasteiger partial charge in [0.05, 0.1) is 28.2 Å². The van der Waals surface area contributed by atoms with Crippen LogP contribution in [-0.4, -0.2) is 34.0 Å². The first-order valence-electron chi connectivity index (χ1n) is 9.71. The molecule has 0 aliphatic rings. The van der Waals surface area contributed by atoms with Crippen molar-refractivity contribution in [3.05, 3.63) is 66.2 Å². The molecular weight excluding hydrogens is 396 g/mol. The summed E-state index contributed by atoms with van der Waals surface area (Å²) in [5.41, 5.74) is 0.979. The third kappa shape index (κ3) is 5.03. The van der Waals surface area contributed by atoms with Crippen LogP contribution in [0, 0.1) is 0 Å². The smallest absolute Gasteiger partial charge is 0.313 e. The number of methoxy groups -OCH3 is 2. The number of hydrogen-bond donors (Lipinski definition) is 0. The SMILES string of the molecule is COC(=O)[C@H](CSc1ccccc1[Si](C)(C)C)c1ccc2cc(OC)ccc2c1. The molecule has 0 aliphatic carbocycles. The molecule has 5 heteroatoms. The van der Waals surface area contributed by atoms with Gasteiger partial charge >= 0.3 is 5.97 Å². The Bertz CT molecular complexity index is 1010. The minimum Gasteiger partial charge on any atom is -0.497 e. The van der Waals surface area contributed by atoms with Crippen molar-refractivity contribution < 1.29 is 14.3 Å². The molecule has 0 N–H and O–H groups in total. The highest BCUT2D eigenvalue weighted by Gasteiger charge is 2.25. The van der Waals surface area contributed by atoms with Gasteiger partial charge in [0.1, 0.15) is 5.75 Å². The van der Waals surface area contributed by atoms with Crippen molar-refractivity contribution in [2.45, 2.75) is 30.5 Å². The zero-order valence-corrected chi connectivity index (χ0v) is 19.5. The van der Waals surface area contributed by atoms with Gasteiger partial charge in [-0.2, -0.15) is 0 Å². The van der Waals surface area contributed by atoms with Gasteiger partial charge in [-0.3, -0.25) is 4.79 Å². The number of thioether (sulfide) groups is 1. The maximum atomic E-state index is 12.6. The monoisotopic (exact) mass is 424 g/mol. The molecule has 0 saturated heterocycles. The lowest BCUT2D eigenvalue weighted by Crippen LogP contribution is -2.38. The van der Waals surface area contributed by atoms with Crippen LogP contribution in [-0.2, 0) is 9.53 Å². The molecule has 3 aromatic carbocycles. The van der Waals surface area contributed by atoms with Gasteiger partial charge in [0.2, 0.25) is 0 Å². The second kappa shape index (κ2) is 9.05. The van der Waals surface area contributed by atoms with Gasteiger partial charge in [-0.15, -0.1) is 11.8 Å². The molecule has 0 fully saturated rings. The Labute approximate surface area is 178 Å². The number of carbonyl (C=O) groups excluding carboxylic acids is 1. The van der Waals surface area contributed by atoms with E-state index in [9.17, 15) is 4.79 Å². The van der Waals surface area contributed by atoms with E-state index in [0.29, 0.717) is 5.75 Å². The standard InChI is InChI=1S/C24H28O3SSi/c1-26-20-13-12-17-14-19(11-10-18(17)15-20)21(24(25)27-2)16-28-22-8-6-7-9-23(22)29(3,4)5/h6-15,21H,16H2,1-5H3/t21-/m1/s1. The molecular formula is C24H28O3SSi. The van der Waals surface area contributed by atoms with Crippen LogP contribution in [0.1, 0.15) is 11.5 Å². The fourth-order valence-corrected chi connectivity index (χ4v) is 7.04. The molecule has 1 atom stereocenters. The van der Waals surface area contributed by atoms with Crippen LogP contribution in [0.5, 0.6) is 5.75 Å². The zero-order chi connectivity index (χ0) is 21.0. The Morgan fingerprint density at radius 2 is 1.66 bits per heavy atom. The lowest BCUT2D eigenvalue weighted by molar-refractivity contribution is -0.141. The number of benzene rings is 3. The van der Waals surface area contributed by atoms with E-state index >= 15 is 0 Å². The largest absolute Gasteiger partial charge is 0.497 e. The quantitative estimate of drug-likeness (QED) is 0.287. The Morgan fingerprint density at radius 3 is 2.34 bits per heavy atom. The number of fused-ring (bicyclic) bond motifs is 1.